The van der Waals surface area contributed by atoms with Crippen LogP contribution in [0.2, 0.25) is 0 Å². The van der Waals surface area contributed by atoms with Crippen LogP contribution >= 0.6 is 0 Å². The Morgan fingerprint density at radius 1 is 0.833 bits per heavy atom. The zero-order chi connectivity index (χ0) is 12.2. The van der Waals surface area contributed by atoms with Crippen molar-refractivity contribution >= 4 is 11.8 Å². The van der Waals surface area contributed by atoms with Crippen LogP contribution in [0.15, 0.2) is 34.3 Å². The van der Waals surface area contributed by atoms with Crippen molar-refractivity contribution in [1.82, 2.24) is 0 Å². The second-order valence-corrected chi connectivity index (χ2v) is 4.36. The highest BCUT2D eigenvalue weighted by molar-refractivity contribution is 6.00. The topological polar surface area (TPSA) is 43.2 Å². The summed E-state index contributed by atoms with van der Waals surface area (Å²) in [4.78, 5) is 8.80. The lowest BCUT2D eigenvalue weighted by Crippen LogP contribution is -2.08. The van der Waals surface area contributed by atoms with Gasteiger partial charge in [-0.1, -0.05) is 6.07 Å². The highest BCUT2D eigenvalue weighted by atomic mass is 16.5. The van der Waals surface area contributed by atoms with Gasteiger partial charge in [0.2, 0.25) is 11.8 Å². The summed E-state index contributed by atoms with van der Waals surface area (Å²) in [6.45, 7) is 3.02. The van der Waals surface area contributed by atoms with Gasteiger partial charge in [0, 0.05) is 17.7 Å². The van der Waals surface area contributed by atoms with Crippen molar-refractivity contribution in [3.63, 3.8) is 0 Å². The lowest BCUT2D eigenvalue weighted by atomic mass is 10.1. The fourth-order valence-electron chi connectivity index (χ4n) is 2.08. The molecule has 0 bridgehead atoms. The SMILES string of the molecule is c1cc(C2=NCCCCO2)cc(C2=NCCO2)c1. The van der Waals surface area contributed by atoms with E-state index in [1.807, 2.05) is 24.3 Å². The van der Waals surface area contributed by atoms with E-state index in [9.17, 15) is 0 Å². The molecule has 4 nitrogen and oxygen atoms in total. The van der Waals surface area contributed by atoms with Crippen LogP contribution < -0.4 is 0 Å². The first-order valence-electron chi connectivity index (χ1n) is 6.39. The molecule has 0 aliphatic carbocycles. The normalized spacial score (nSPS) is 19.3. The van der Waals surface area contributed by atoms with Crippen LogP contribution in [-0.2, 0) is 9.47 Å². The molecule has 0 radical (unpaired) electrons. The first kappa shape index (κ1) is 11.3. The lowest BCUT2D eigenvalue weighted by Gasteiger charge is -2.08. The minimum Gasteiger partial charge on any atom is -0.477 e. The van der Waals surface area contributed by atoms with Crippen molar-refractivity contribution in [2.75, 3.05) is 26.3 Å². The zero-order valence-electron chi connectivity index (χ0n) is 10.3. The summed E-state index contributed by atoms with van der Waals surface area (Å²) in [5.41, 5.74) is 2.01. The molecule has 2 heterocycles. The molecular formula is C14H16N2O2. The summed E-state index contributed by atoms with van der Waals surface area (Å²) in [5, 5.41) is 0. The highest BCUT2D eigenvalue weighted by Crippen LogP contribution is 2.13. The number of benzene rings is 1. The average molecular weight is 244 g/mol. The second-order valence-electron chi connectivity index (χ2n) is 4.36. The van der Waals surface area contributed by atoms with Gasteiger partial charge in [-0.05, 0) is 31.0 Å². The molecule has 3 rings (SSSR count). The van der Waals surface area contributed by atoms with E-state index in [0.29, 0.717) is 6.61 Å². The molecule has 18 heavy (non-hydrogen) atoms. The first-order chi connectivity index (χ1) is 8.93. The summed E-state index contributed by atoms with van der Waals surface area (Å²) < 4.78 is 11.2. The standard InChI is InChI=1S/C14H16N2O2/c1-2-8-17-13(15-6-1)11-4-3-5-12(10-11)14-16-7-9-18-14/h3-5,10H,1-2,6-9H2. The van der Waals surface area contributed by atoms with Crippen LogP contribution in [0.3, 0.4) is 0 Å². The van der Waals surface area contributed by atoms with Crippen molar-refractivity contribution in [1.29, 1.82) is 0 Å². The molecule has 0 atom stereocenters. The Morgan fingerprint density at radius 3 is 2.28 bits per heavy atom. The Morgan fingerprint density at radius 2 is 1.56 bits per heavy atom. The van der Waals surface area contributed by atoms with Crippen molar-refractivity contribution in [2.45, 2.75) is 12.8 Å². The molecule has 2 aliphatic heterocycles. The van der Waals surface area contributed by atoms with E-state index in [0.717, 1.165) is 55.5 Å². The van der Waals surface area contributed by atoms with E-state index in [4.69, 9.17) is 9.47 Å². The Labute approximate surface area is 106 Å². The Kier molecular flexibility index (Phi) is 3.26. The van der Waals surface area contributed by atoms with Gasteiger partial charge in [-0.25, -0.2) is 4.99 Å². The number of aliphatic imine (C=N–C) groups is 2. The van der Waals surface area contributed by atoms with E-state index < -0.39 is 0 Å². The smallest absolute Gasteiger partial charge is 0.216 e. The molecule has 0 aromatic heterocycles. The predicted molar refractivity (Wildman–Crippen MR) is 70.4 cm³/mol. The summed E-state index contributed by atoms with van der Waals surface area (Å²) >= 11 is 0. The van der Waals surface area contributed by atoms with Gasteiger partial charge in [0.25, 0.3) is 0 Å². The average Bonchev–Trinajstić information content (AvgIpc) is 2.82. The summed E-state index contributed by atoms with van der Waals surface area (Å²) in [6.07, 6.45) is 2.17. The third-order valence-electron chi connectivity index (χ3n) is 2.99. The van der Waals surface area contributed by atoms with Gasteiger partial charge in [0.05, 0.1) is 13.2 Å². The first-order valence-corrected chi connectivity index (χ1v) is 6.39. The van der Waals surface area contributed by atoms with Crippen LogP contribution in [0, 0.1) is 0 Å². The van der Waals surface area contributed by atoms with Gasteiger partial charge in [-0.2, -0.15) is 0 Å². The lowest BCUT2D eigenvalue weighted by molar-refractivity contribution is 0.306. The summed E-state index contributed by atoms with van der Waals surface area (Å²) in [5.74, 6) is 1.47. The van der Waals surface area contributed by atoms with E-state index in [2.05, 4.69) is 9.98 Å². The Hall–Kier alpha value is -1.84. The molecule has 1 aromatic rings. The number of hydrogen-bond donors (Lipinski definition) is 0. The molecule has 1 aromatic carbocycles. The number of ether oxygens (including phenoxy) is 2. The molecule has 0 spiro atoms. The van der Waals surface area contributed by atoms with Gasteiger partial charge in [0.1, 0.15) is 6.61 Å². The molecule has 0 unspecified atom stereocenters. The second kappa shape index (κ2) is 5.21. The zero-order valence-corrected chi connectivity index (χ0v) is 10.3. The maximum absolute atomic E-state index is 5.68. The van der Waals surface area contributed by atoms with Crippen molar-refractivity contribution in [3.05, 3.63) is 35.4 Å². The monoisotopic (exact) mass is 244 g/mol. The predicted octanol–water partition coefficient (Wildman–Crippen LogP) is 2.02. The number of rotatable bonds is 2. The molecule has 4 heteroatoms. The maximum atomic E-state index is 5.68. The molecular weight excluding hydrogens is 228 g/mol. The molecule has 0 fully saturated rings. The van der Waals surface area contributed by atoms with Gasteiger partial charge in [0.15, 0.2) is 0 Å². The van der Waals surface area contributed by atoms with E-state index in [1.54, 1.807) is 0 Å². The summed E-state index contributed by atoms with van der Waals surface area (Å²) in [6, 6.07) is 8.05. The van der Waals surface area contributed by atoms with Crippen LogP contribution in [0.1, 0.15) is 24.0 Å². The fourth-order valence-corrected chi connectivity index (χ4v) is 2.08. The fraction of sp³-hybridized carbons (Fsp3) is 0.429. The molecule has 0 saturated heterocycles. The van der Waals surface area contributed by atoms with Gasteiger partial charge in [-0.3, -0.25) is 4.99 Å². The minimum atomic E-state index is 0.678. The largest absolute Gasteiger partial charge is 0.477 e. The molecule has 0 saturated carbocycles. The van der Waals surface area contributed by atoms with Crippen molar-refractivity contribution in [3.8, 4) is 0 Å². The quantitative estimate of drug-likeness (QED) is 0.798. The third-order valence-corrected chi connectivity index (χ3v) is 2.99. The Balaban J connectivity index is 1.88. The Bertz CT molecular complexity index is 494. The van der Waals surface area contributed by atoms with E-state index >= 15 is 0 Å². The van der Waals surface area contributed by atoms with E-state index in [1.165, 1.54) is 0 Å². The van der Waals surface area contributed by atoms with Crippen LogP contribution in [0.5, 0.6) is 0 Å². The van der Waals surface area contributed by atoms with Crippen molar-refractivity contribution in [2.24, 2.45) is 9.98 Å². The van der Waals surface area contributed by atoms with Gasteiger partial charge >= 0.3 is 0 Å². The van der Waals surface area contributed by atoms with E-state index in [-0.39, 0.29) is 0 Å². The van der Waals surface area contributed by atoms with Gasteiger partial charge in [-0.15, -0.1) is 0 Å². The summed E-state index contributed by atoms with van der Waals surface area (Å²) in [7, 11) is 0. The third kappa shape index (κ3) is 2.37. The highest BCUT2D eigenvalue weighted by Gasteiger charge is 2.13. The van der Waals surface area contributed by atoms with Crippen LogP contribution in [0.25, 0.3) is 0 Å². The number of nitrogens with zero attached hydrogens (tertiary/aromatic N) is 2. The molecule has 94 valence electrons. The minimum absolute atomic E-state index is 0.678. The van der Waals surface area contributed by atoms with Crippen LogP contribution in [-0.4, -0.2) is 38.1 Å². The van der Waals surface area contributed by atoms with Gasteiger partial charge < -0.3 is 9.47 Å². The van der Waals surface area contributed by atoms with Crippen LogP contribution in [0.4, 0.5) is 0 Å². The molecule has 0 amide bonds. The maximum Gasteiger partial charge on any atom is 0.216 e. The molecule has 2 aliphatic rings. The van der Waals surface area contributed by atoms with Crippen molar-refractivity contribution < 1.29 is 9.47 Å². The number of hydrogen-bond acceptors (Lipinski definition) is 4. The molecule has 0 N–H and O–H groups in total.